The Morgan fingerprint density at radius 1 is 1.37 bits per heavy atom. The summed E-state index contributed by atoms with van der Waals surface area (Å²) in [6.07, 6.45) is 2.14. The van der Waals surface area contributed by atoms with Gasteiger partial charge in [0.15, 0.2) is 0 Å². The van der Waals surface area contributed by atoms with Crippen LogP contribution in [0.3, 0.4) is 0 Å². The van der Waals surface area contributed by atoms with Gasteiger partial charge in [-0.25, -0.2) is 9.59 Å². The third-order valence-corrected chi connectivity index (χ3v) is 2.81. The van der Waals surface area contributed by atoms with Crippen molar-refractivity contribution in [3.05, 3.63) is 12.7 Å². The summed E-state index contributed by atoms with van der Waals surface area (Å²) < 4.78 is 0. The van der Waals surface area contributed by atoms with Crippen LogP contribution in [-0.2, 0) is 9.59 Å². The topological polar surface area (TPSA) is 122 Å². The Bertz CT molecular complexity index is 357. The molecule has 7 nitrogen and oxygen atoms in total. The minimum Gasteiger partial charge on any atom is -0.480 e. The van der Waals surface area contributed by atoms with Gasteiger partial charge in [-0.15, -0.1) is 6.58 Å². The Labute approximate surface area is 112 Å². The first-order valence-electron chi connectivity index (χ1n) is 6.03. The maximum atomic E-state index is 12.0. The molecule has 0 saturated carbocycles. The van der Waals surface area contributed by atoms with E-state index in [1.165, 1.54) is 6.08 Å². The average molecular weight is 271 g/mol. The second-order valence-electron chi connectivity index (χ2n) is 4.30. The van der Waals surface area contributed by atoms with Crippen molar-refractivity contribution >= 4 is 17.9 Å². The highest BCUT2D eigenvalue weighted by Gasteiger charge is 2.28. The Hall–Kier alpha value is -2.05. The van der Waals surface area contributed by atoms with E-state index in [0.29, 0.717) is 6.42 Å². The molecule has 0 radical (unpaired) electrons. The fourth-order valence-corrected chi connectivity index (χ4v) is 1.50. The molecule has 19 heavy (non-hydrogen) atoms. The van der Waals surface area contributed by atoms with E-state index in [2.05, 4.69) is 17.2 Å². The molecule has 0 aromatic carbocycles. The molecule has 5 N–H and O–H groups in total. The number of carbonyl (C=O) groups is 3. The number of carboxylic acid groups (broad SMARTS) is 1. The first kappa shape index (κ1) is 16.9. The van der Waals surface area contributed by atoms with Gasteiger partial charge in [0, 0.05) is 0 Å². The van der Waals surface area contributed by atoms with Crippen molar-refractivity contribution in [1.29, 1.82) is 0 Å². The number of hydrogen-bond donors (Lipinski definition) is 4. The highest BCUT2D eigenvalue weighted by molar-refractivity contribution is 5.90. The molecule has 108 valence electrons. The molecule has 0 aromatic heterocycles. The van der Waals surface area contributed by atoms with E-state index in [0.717, 1.165) is 0 Å². The zero-order valence-corrected chi connectivity index (χ0v) is 11.2. The van der Waals surface area contributed by atoms with Crippen molar-refractivity contribution in [3.63, 3.8) is 0 Å². The van der Waals surface area contributed by atoms with E-state index < -0.39 is 30.0 Å². The summed E-state index contributed by atoms with van der Waals surface area (Å²) in [5.74, 6) is -1.89. The van der Waals surface area contributed by atoms with E-state index in [-0.39, 0.29) is 12.3 Å². The van der Waals surface area contributed by atoms with Crippen molar-refractivity contribution in [3.8, 4) is 0 Å². The minimum atomic E-state index is -1.16. The first-order chi connectivity index (χ1) is 8.83. The Kier molecular flexibility index (Phi) is 7.25. The first-order valence-corrected chi connectivity index (χ1v) is 6.03. The number of nitrogens with one attached hydrogen (secondary N) is 2. The standard InChI is InChI=1S/C12H21N3O4/c1-4-6-8(11(17)18)14-10(16)9(7(3)5-2)15-12(13)19/h4,7-9H,1,5-6H2,2-3H3,(H,14,16)(H,17,18)(H3,13,15,19). The summed E-state index contributed by atoms with van der Waals surface area (Å²) in [6.45, 7) is 7.05. The second-order valence-corrected chi connectivity index (χ2v) is 4.30. The highest BCUT2D eigenvalue weighted by atomic mass is 16.4. The van der Waals surface area contributed by atoms with Crippen LogP contribution < -0.4 is 16.4 Å². The van der Waals surface area contributed by atoms with Crippen molar-refractivity contribution in [1.82, 2.24) is 10.6 Å². The van der Waals surface area contributed by atoms with Crippen molar-refractivity contribution in [2.75, 3.05) is 0 Å². The lowest BCUT2D eigenvalue weighted by atomic mass is 9.98. The molecule has 0 aliphatic rings. The van der Waals surface area contributed by atoms with Gasteiger partial charge < -0.3 is 21.5 Å². The van der Waals surface area contributed by atoms with Crippen LogP contribution >= 0.6 is 0 Å². The number of aliphatic carboxylic acids is 1. The summed E-state index contributed by atoms with van der Waals surface area (Å²) in [7, 11) is 0. The molecule has 0 rings (SSSR count). The maximum absolute atomic E-state index is 12.0. The van der Waals surface area contributed by atoms with Crippen LogP contribution in [0.4, 0.5) is 4.79 Å². The smallest absolute Gasteiger partial charge is 0.326 e. The van der Waals surface area contributed by atoms with Crippen molar-refractivity contribution in [2.45, 2.75) is 38.8 Å². The molecule has 0 heterocycles. The average Bonchev–Trinajstić information content (AvgIpc) is 2.33. The third-order valence-electron chi connectivity index (χ3n) is 2.81. The minimum absolute atomic E-state index is 0.102. The van der Waals surface area contributed by atoms with Gasteiger partial charge in [-0.2, -0.15) is 0 Å². The van der Waals surface area contributed by atoms with E-state index in [1.54, 1.807) is 6.92 Å². The SMILES string of the molecule is C=CCC(NC(=O)C(NC(N)=O)C(C)CC)C(=O)O. The van der Waals surface area contributed by atoms with Gasteiger partial charge >= 0.3 is 12.0 Å². The molecule has 3 atom stereocenters. The monoisotopic (exact) mass is 271 g/mol. The van der Waals surface area contributed by atoms with Gasteiger partial charge in [-0.1, -0.05) is 26.3 Å². The van der Waals surface area contributed by atoms with Crippen LogP contribution in [0.15, 0.2) is 12.7 Å². The van der Waals surface area contributed by atoms with Crippen LogP contribution in [-0.4, -0.2) is 35.1 Å². The van der Waals surface area contributed by atoms with Crippen LogP contribution in [0.25, 0.3) is 0 Å². The van der Waals surface area contributed by atoms with Crippen LogP contribution in [0.5, 0.6) is 0 Å². The van der Waals surface area contributed by atoms with Crippen LogP contribution in [0.2, 0.25) is 0 Å². The molecule has 3 unspecified atom stereocenters. The molecule has 0 fully saturated rings. The predicted molar refractivity (Wildman–Crippen MR) is 70.3 cm³/mol. The number of amides is 3. The molecule has 0 bridgehead atoms. The summed E-state index contributed by atoms with van der Waals surface area (Å²) in [5.41, 5.74) is 5.01. The van der Waals surface area contributed by atoms with Gasteiger partial charge in [-0.05, 0) is 12.3 Å². The zero-order valence-electron chi connectivity index (χ0n) is 11.2. The van der Waals surface area contributed by atoms with E-state index >= 15 is 0 Å². The highest BCUT2D eigenvalue weighted by Crippen LogP contribution is 2.08. The van der Waals surface area contributed by atoms with E-state index in [1.807, 2.05) is 6.92 Å². The number of hydrogen-bond acceptors (Lipinski definition) is 3. The molecular formula is C12H21N3O4. The van der Waals surface area contributed by atoms with Crippen molar-refractivity contribution < 1.29 is 19.5 Å². The van der Waals surface area contributed by atoms with E-state index in [4.69, 9.17) is 10.8 Å². The summed E-state index contributed by atoms with van der Waals surface area (Å²) in [4.78, 5) is 33.8. The summed E-state index contributed by atoms with van der Waals surface area (Å²) in [5, 5.41) is 13.6. The second kappa shape index (κ2) is 8.12. The molecule has 0 aliphatic carbocycles. The lowest BCUT2D eigenvalue weighted by Crippen LogP contribution is -2.55. The zero-order chi connectivity index (χ0) is 15.0. The molecule has 7 heteroatoms. The molecule has 0 aliphatic heterocycles. The summed E-state index contributed by atoms with van der Waals surface area (Å²) in [6, 6.07) is -2.74. The predicted octanol–water partition coefficient (Wildman–Crippen LogP) is 0.215. The Morgan fingerprint density at radius 3 is 2.32 bits per heavy atom. The Balaban J connectivity index is 4.82. The molecule has 3 amide bonds. The maximum Gasteiger partial charge on any atom is 0.326 e. The van der Waals surface area contributed by atoms with Crippen LogP contribution in [0, 0.1) is 5.92 Å². The molecule has 0 saturated heterocycles. The molecule has 0 spiro atoms. The van der Waals surface area contributed by atoms with E-state index in [9.17, 15) is 14.4 Å². The Morgan fingerprint density at radius 2 is 1.95 bits per heavy atom. The normalized spacial score (nSPS) is 14.8. The summed E-state index contributed by atoms with van der Waals surface area (Å²) >= 11 is 0. The third kappa shape index (κ3) is 5.89. The fourth-order valence-electron chi connectivity index (χ4n) is 1.50. The lowest BCUT2D eigenvalue weighted by Gasteiger charge is -2.24. The fraction of sp³-hybridized carbons (Fsp3) is 0.583. The van der Waals surface area contributed by atoms with Gasteiger partial charge in [-0.3, -0.25) is 4.79 Å². The largest absolute Gasteiger partial charge is 0.480 e. The number of urea groups is 1. The molecular weight excluding hydrogens is 250 g/mol. The van der Waals surface area contributed by atoms with Gasteiger partial charge in [0.1, 0.15) is 12.1 Å². The van der Waals surface area contributed by atoms with Gasteiger partial charge in [0.25, 0.3) is 0 Å². The number of carbonyl (C=O) groups excluding carboxylic acids is 2. The van der Waals surface area contributed by atoms with Crippen molar-refractivity contribution in [2.24, 2.45) is 11.7 Å². The van der Waals surface area contributed by atoms with Gasteiger partial charge in [0.05, 0.1) is 0 Å². The number of rotatable bonds is 8. The number of nitrogens with two attached hydrogens (primary N) is 1. The van der Waals surface area contributed by atoms with Crippen LogP contribution in [0.1, 0.15) is 26.7 Å². The quantitative estimate of drug-likeness (QED) is 0.471. The molecule has 0 aromatic rings. The lowest BCUT2D eigenvalue weighted by molar-refractivity contribution is -0.142. The number of carboxylic acids is 1. The van der Waals surface area contributed by atoms with Gasteiger partial charge in [0.2, 0.25) is 5.91 Å². The number of primary amides is 1.